The van der Waals surface area contributed by atoms with Gasteiger partial charge in [-0.3, -0.25) is 4.90 Å². The highest BCUT2D eigenvalue weighted by Gasteiger charge is 2.55. The maximum Gasteiger partial charge on any atom is 0.248 e. The van der Waals surface area contributed by atoms with Crippen molar-refractivity contribution < 1.29 is 17.4 Å². The van der Waals surface area contributed by atoms with Crippen LogP contribution in [0.5, 0.6) is 0 Å². The third-order valence-electron chi connectivity index (χ3n) is 6.08. The van der Waals surface area contributed by atoms with Crippen LogP contribution in [0.1, 0.15) is 29.8 Å². The molecule has 1 unspecified atom stereocenters. The lowest BCUT2D eigenvalue weighted by molar-refractivity contribution is 0.0807. The molecule has 0 amide bonds. The van der Waals surface area contributed by atoms with E-state index in [1.54, 1.807) is 13.8 Å². The van der Waals surface area contributed by atoms with Crippen LogP contribution in [0.15, 0.2) is 44.2 Å². The predicted octanol–water partition coefficient (Wildman–Crippen LogP) is 2.41. The summed E-state index contributed by atoms with van der Waals surface area (Å²) in [6.45, 7) is 4.97. The van der Waals surface area contributed by atoms with Gasteiger partial charge in [0.25, 0.3) is 0 Å². The minimum atomic E-state index is -3.61. The Morgan fingerprint density at radius 3 is 2.50 bits per heavy atom. The van der Waals surface area contributed by atoms with E-state index >= 15 is 0 Å². The number of nitrogens with zero attached hydrogens (tertiary/aromatic N) is 5. The molecule has 158 valence electrons. The first-order valence-corrected chi connectivity index (χ1v) is 11.3. The lowest BCUT2D eigenvalue weighted by Crippen LogP contribution is -2.59. The second kappa shape index (κ2) is 6.73. The van der Waals surface area contributed by atoms with Gasteiger partial charge in [0.05, 0.1) is 6.04 Å². The molecule has 1 spiro atoms. The molecule has 0 bridgehead atoms. The molecule has 1 aromatic carbocycles. The van der Waals surface area contributed by atoms with E-state index in [0.717, 1.165) is 18.5 Å². The Hall–Kier alpha value is -2.56. The van der Waals surface area contributed by atoms with E-state index in [0.29, 0.717) is 36.3 Å². The first-order valence-electron chi connectivity index (χ1n) is 9.81. The Morgan fingerprint density at radius 1 is 1.10 bits per heavy atom. The monoisotopic (exact) mass is 429 g/mol. The first kappa shape index (κ1) is 19.4. The fourth-order valence-electron chi connectivity index (χ4n) is 4.69. The van der Waals surface area contributed by atoms with Gasteiger partial charge in [-0.1, -0.05) is 23.4 Å². The van der Waals surface area contributed by atoms with Gasteiger partial charge in [-0.2, -0.15) is 4.31 Å². The van der Waals surface area contributed by atoms with Crippen LogP contribution in [0.25, 0.3) is 11.5 Å². The summed E-state index contributed by atoms with van der Waals surface area (Å²) in [6.07, 6.45) is 0.771. The molecule has 2 saturated heterocycles. The number of aryl methyl sites for hydroxylation is 2. The lowest BCUT2D eigenvalue weighted by Gasteiger charge is -2.46. The van der Waals surface area contributed by atoms with Gasteiger partial charge in [0.1, 0.15) is 10.6 Å². The van der Waals surface area contributed by atoms with Crippen LogP contribution in [-0.2, 0) is 10.0 Å². The van der Waals surface area contributed by atoms with Gasteiger partial charge in [-0.15, -0.1) is 10.2 Å². The Bertz CT molecular complexity index is 1160. The quantitative estimate of drug-likeness (QED) is 0.623. The smallest absolute Gasteiger partial charge is 0.248 e. The fraction of sp³-hybridized carbons (Fsp3) is 0.450. The summed E-state index contributed by atoms with van der Waals surface area (Å²) in [5.74, 6) is 1.39. The van der Waals surface area contributed by atoms with E-state index in [-0.39, 0.29) is 16.4 Å². The molecule has 1 atom stereocenters. The molecule has 0 saturated carbocycles. The summed E-state index contributed by atoms with van der Waals surface area (Å²) in [5.41, 5.74) is 1.16. The maximum absolute atomic E-state index is 13.0. The molecular formula is C20H23N5O4S. The Morgan fingerprint density at radius 2 is 1.83 bits per heavy atom. The molecule has 30 heavy (non-hydrogen) atoms. The van der Waals surface area contributed by atoms with Crippen molar-refractivity contribution in [2.75, 3.05) is 26.7 Å². The van der Waals surface area contributed by atoms with Crippen LogP contribution >= 0.6 is 0 Å². The second-order valence-corrected chi connectivity index (χ2v) is 10.2. The van der Waals surface area contributed by atoms with Crippen molar-refractivity contribution >= 4 is 10.0 Å². The number of hydrogen-bond donors (Lipinski definition) is 0. The van der Waals surface area contributed by atoms with Gasteiger partial charge in [-0.25, -0.2) is 8.42 Å². The molecule has 9 nitrogen and oxygen atoms in total. The van der Waals surface area contributed by atoms with Crippen LogP contribution in [0.4, 0.5) is 0 Å². The largest absolute Gasteiger partial charge is 0.419 e. The number of likely N-dealkylation sites (tertiary alicyclic amines) is 1. The highest BCUT2D eigenvalue weighted by Crippen LogP contribution is 2.49. The van der Waals surface area contributed by atoms with Gasteiger partial charge in [0.2, 0.25) is 21.8 Å². The van der Waals surface area contributed by atoms with Crippen LogP contribution in [0, 0.1) is 19.3 Å². The van der Waals surface area contributed by atoms with Crippen LogP contribution < -0.4 is 0 Å². The Labute approximate surface area is 174 Å². The van der Waals surface area contributed by atoms with Gasteiger partial charge in [0.15, 0.2) is 5.76 Å². The van der Waals surface area contributed by atoms with Crippen LogP contribution in [0.2, 0.25) is 0 Å². The highest BCUT2D eigenvalue weighted by molar-refractivity contribution is 7.89. The SMILES string of the molecule is Cc1noc(C)c1S(=O)(=O)N1CC2(CC(c3nnc(-c4ccccc4)o3)N(C)C2)C1. The first-order chi connectivity index (χ1) is 14.3. The van der Waals surface area contributed by atoms with Crippen molar-refractivity contribution in [3.8, 4) is 11.5 Å². The minimum absolute atomic E-state index is 0.0288. The number of sulfonamides is 1. The maximum atomic E-state index is 13.0. The van der Waals surface area contributed by atoms with Crippen LogP contribution in [0.3, 0.4) is 0 Å². The molecule has 4 heterocycles. The predicted molar refractivity (Wildman–Crippen MR) is 107 cm³/mol. The molecule has 10 heteroatoms. The number of hydrogen-bond acceptors (Lipinski definition) is 8. The molecule has 2 aromatic heterocycles. The molecule has 0 radical (unpaired) electrons. The number of aromatic nitrogens is 3. The molecule has 5 rings (SSSR count). The molecule has 2 fully saturated rings. The number of rotatable bonds is 4. The van der Waals surface area contributed by atoms with Gasteiger partial charge in [-0.05, 0) is 39.4 Å². The second-order valence-electron chi connectivity index (χ2n) is 8.37. The standard InChI is InChI=1S/C20H23N5O4S/c1-13-17(14(2)29-23-13)30(26,27)25-11-20(12-25)9-16(24(3)10-20)19-22-21-18(28-19)15-7-5-4-6-8-15/h4-8,16H,9-12H2,1-3H3. The molecule has 2 aliphatic heterocycles. The average Bonchev–Trinajstić information content (AvgIpc) is 3.38. The van der Waals surface area contributed by atoms with Crippen LogP contribution in [-0.4, -0.2) is 59.7 Å². The normalized spacial score (nSPS) is 21.9. The van der Waals surface area contributed by atoms with Crippen molar-refractivity contribution in [2.24, 2.45) is 5.41 Å². The zero-order valence-corrected chi connectivity index (χ0v) is 17.9. The highest BCUT2D eigenvalue weighted by atomic mass is 32.2. The van der Waals surface area contributed by atoms with E-state index in [1.807, 2.05) is 37.4 Å². The summed E-state index contributed by atoms with van der Waals surface area (Å²) in [5, 5.41) is 12.3. The zero-order valence-electron chi connectivity index (χ0n) is 17.1. The van der Waals surface area contributed by atoms with Gasteiger partial charge < -0.3 is 8.94 Å². The Balaban J connectivity index is 1.32. The van der Waals surface area contributed by atoms with Crippen molar-refractivity contribution in [2.45, 2.75) is 31.2 Å². The third-order valence-corrected chi connectivity index (χ3v) is 8.12. The topological polar surface area (TPSA) is 106 Å². The van der Waals surface area contributed by atoms with E-state index in [9.17, 15) is 8.42 Å². The van der Waals surface area contributed by atoms with E-state index in [1.165, 1.54) is 4.31 Å². The van der Waals surface area contributed by atoms with Crippen molar-refractivity contribution in [1.29, 1.82) is 0 Å². The summed E-state index contributed by atoms with van der Waals surface area (Å²) >= 11 is 0. The molecule has 3 aromatic rings. The lowest BCUT2D eigenvalue weighted by atomic mass is 9.79. The van der Waals surface area contributed by atoms with Gasteiger partial charge >= 0.3 is 0 Å². The third kappa shape index (κ3) is 2.98. The average molecular weight is 430 g/mol. The van der Waals surface area contributed by atoms with Crippen molar-refractivity contribution in [3.63, 3.8) is 0 Å². The van der Waals surface area contributed by atoms with Gasteiger partial charge in [0, 0.05) is 30.6 Å². The molecule has 0 aliphatic carbocycles. The fourth-order valence-corrected chi connectivity index (χ4v) is 6.64. The van der Waals surface area contributed by atoms with Crippen molar-refractivity contribution in [3.05, 3.63) is 47.7 Å². The summed E-state index contributed by atoms with van der Waals surface area (Å²) < 4.78 is 38.6. The summed E-state index contributed by atoms with van der Waals surface area (Å²) in [7, 11) is -1.60. The Kier molecular flexibility index (Phi) is 4.35. The molecular weight excluding hydrogens is 406 g/mol. The molecule has 0 N–H and O–H groups in total. The summed E-state index contributed by atoms with van der Waals surface area (Å²) in [4.78, 5) is 2.35. The van der Waals surface area contributed by atoms with Crippen molar-refractivity contribution in [1.82, 2.24) is 24.6 Å². The van der Waals surface area contributed by atoms with E-state index < -0.39 is 10.0 Å². The summed E-state index contributed by atoms with van der Waals surface area (Å²) in [6, 6.07) is 9.63. The molecule has 2 aliphatic rings. The number of benzene rings is 1. The zero-order chi connectivity index (χ0) is 21.1. The van der Waals surface area contributed by atoms with E-state index in [4.69, 9.17) is 8.94 Å². The van der Waals surface area contributed by atoms with E-state index in [2.05, 4.69) is 20.3 Å². The minimum Gasteiger partial charge on any atom is -0.419 e.